The van der Waals surface area contributed by atoms with Crippen LogP contribution in [0.4, 0.5) is 0 Å². The van der Waals surface area contributed by atoms with Crippen molar-refractivity contribution in [3.63, 3.8) is 0 Å². The molecule has 1 rings (SSSR count). The molecule has 0 aliphatic heterocycles. The van der Waals surface area contributed by atoms with Gasteiger partial charge in [0.05, 0.1) is 14.1 Å². The van der Waals surface area contributed by atoms with Gasteiger partial charge in [-0.1, -0.05) is 28.1 Å². The van der Waals surface area contributed by atoms with Gasteiger partial charge >= 0.3 is 0 Å². The number of terminal acetylenes is 2. The molecule has 1 atom stereocenters. The van der Waals surface area contributed by atoms with Crippen molar-refractivity contribution in [2.75, 3.05) is 20.6 Å². The maximum absolute atomic E-state index is 5.61. The second-order valence-electron chi connectivity index (χ2n) is 4.26. The van der Waals surface area contributed by atoms with Crippen molar-refractivity contribution in [2.24, 2.45) is 0 Å². The van der Waals surface area contributed by atoms with Crippen LogP contribution in [0.15, 0.2) is 28.7 Å². The zero-order valence-electron chi connectivity index (χ0n) is 9.95. The summed E-state index contributed by atoms with van der Waals surface area (Å²) in [6.07, 6.45) is 11.0. The molecule has 1 aromatic carbocycles. The van der Waals surface area contributed by atoms with Crippen molar-refractivity contribution in [3.8, 4) is 24.7 Å². The predicted octanol–water partition coefficient (Wildman–Crippen LogP) is -0.163. The molecule has 17 heavy (non-hydrogen) atoms. The Morgan fingerprint density at radius 3 is 2.18 bits per heavy atom. The van der Waals surface area contributed by atoms with Crippen molar-refractivity contribution in [3.05, 3.63) is 34.3 Å². The Labute approximate surface area is 123 Å². The van der Waals surface area contributed by atoms with Crippen LogP contribution in [0.1, 0.15) is 11.6 Å². The summed E-state index contributed by atoms with van der Waals surface area (Å²) in [5.41, 5.74) is 1.12. The monoisotopic (exact) mass is 355 g/mol. The third-order valence-corrected chi connectivity index (χ3v) is 3.07. The largest absolute Gasteiger partial charge is 1.00 e. The standard InChI is InChI=1S/C14H15BrN.BrH/c1-5-11-16(3,4)14(6-2)12-7-9-13(15)10-8-12;/h1-2,7-10,14H,11H2,3-4H3;1H/q+1;/p-1. The zero-order valence-corrected chi connectivity index (χ0v) is 13.1. The molecule has 0 heterocycles. The van der Waals surface area contributed by atoms with Crippen LogP contribution in [-0.4, -0.2) is 25.1 Å². The molecule has 0 aliphatic rings. The van der Waals surface area contributed by atoms with Crippen LogP contribution in [0.3, 0.4) is 0 Å². The summed E-state index contributed by atoms with van der Waals surface area (Å²) in [6.45, 7) is 0.616. The summed E-state index contributed by atoms with van der Waals surface area (Å²) in [5.74, 6) is 5.50. The lowest BCUT2D eigenvalue weighted by atomic mass is 10.0. The molecule has 0 bridgehead atoms. The molecule has 1 unspecified atom stereocenters. The van der Waals surface area contributed by atoms with Crippen LogP contribution in [0.5, 0.6) is 0 Å². The Bertz CT molecular complexity index is 435. The fourth-order valence-electron chi connectivity index (χ4n) is 1.67. The van der Waals surface area contributed by atoms with Gasteiger partial charge < -0.3 is 21.5 Å². The van der Waals surface area contributed by atoms with Crippen LogP contribution in [0.2, 0.25) is 0 Å². The van der Waals surface area contributed by atoms with E-state index in [0.29, 0.717) is 11.0 Å². The van der Waals surface area contributed by atoms with E-state index < -0.39 is 0 Å². The van der Waals surface area contributed by atoms with E-state index in [0.717, 1.165) is 10.0 Å². The van der Waals surface area contributed by atoms with Crippen LogP contribution < -0.4 is 17.0 Å². The molecule has 0 amide bonds. The van der Waals surface area contributed by atoms with Gasteiger partial charge in [0.15, 0.2) is 6.04 Å². The number of quaternary nitrogens is 1. The van der Waals surface area contributed by atoms with E-state index in [1.165, 1.54) is 0 Å². The van der Waals surface area contributed by atoms with Gasteiger partial charge in [0.25, 0.3) is 0 Å². The first-order chi connectivity index (χ1) is 7.51. The molecule has 0 spiro atoms. The van der Waals surface area contributed by atoms with Crippen molar-refractivity contribution in [1.29, 1.82) is 0 Å². The topological polar surface area (TPSA) is 0 Å². The molecule has 3 heteroatoms. The van der Waals surface area contributed by atoms with E-state index in [1.807, 2.05) is 38.4 Å². The number of benzene rings is 1. The summed E-state index contributed by atoms with van der Waals surface area (Å²) >= 11 is 3.41. The quantitative estimate of drug-likeness (QED) is 0.521. The Kier molecular flexibility index (Phi) is 6.57. The maximum Gasteiger partial charge on any atom is 0.176 e. The SMILES string of the molecule is C#CC[N+](C)(C)C(C#C)c1ccc(Br)cc1.[Br-]. The molecule has 0 aromatic heterocycles. The van der Waals surface area contributed by atoms with E-state index in [2.05, 4.69) is 27.8 Å². The van der Waals surface area contributed by atoms with E-state index in [9.17, 15) is 0 Å². The van der Waals surface area contributed by atoms with E-state index in [1.54, 1.807) is 0 Å². The van der Waals surface area contributed by atoms with Gasteiger partial charge in [-0.2, -0.15) is 0 Å². The predicted molar refractivity (Wildman–Crippen MR) is 71.5 cm³/mol. The van der Waals surface area contributed by atoms with Crippen molar-refractivity contribution in [1.82, 2.24) is 0 Å². The van der Waals surface area contributed by atoms with Crippen molar-refractivity contribution in [2.45, 2.75) is 6.04 Å². The molecule has 0 aliphatic carbocycles. The minimum atomic E-state index is -0.0100. The van der Waals surface area contributed by atoms with Gasteiger partial charge in [0.1, 0.15) is 6.54 Å². The molecular formula is C14H15Br2N. The number of nitrogens with zero attached hydrogens (tertiary/aromatic N) is 1. The minimum Gasteiger partial charge on any atom is -1.00 e. The normalized spacial score (nSPS) is 11.8. The summed E-state index contributed by atoms with van der Waals surface area (Å²) < 4.78 is 1.66. The van der Waals surface area contributed by atoms with Gasteiger partial charge in [-0.25, -0.2) is 0 Å². The zero-order chi connectivity index (χ0) is 12.2. The second-order valence-corrected chi connectivity index (χ2v) is 5.18. The molecule has 0 saturated heterocycles. The average Bonchev–Trinajstić information content (AvgIpc) is 2.21. The highest BCUT2D eigenvalue weighted by atomic mass is 79.9. The number of hydrogen-bond donors (Lipinski definition) is 0. The first-order valence-electron chi connectivity index (χ1n) is 4.99. The first-order valence-corrected chi connectivity index (χ1v) is 5.78. The number of halogens is 2. The third-order valence-electron chi connectivity index (χ3n) is 2.54. The average molecular weight is 357 g/mol. The Hall–Kier alpha value is -0.740. The molecule has 1 nitrogen and oxygen atoms in total. The molecule has 0 fully saturated rings. The highest BCUT2D eigenvalue weighted by Crippen LogP contribution is 2.25. The molecule has 0 N–H and O–H groups in total. The number of rotatable bonds is 3. The number of hydrogen-bond acceptors (Lipinski definition) is 0. The summed E-state index contributed by atoms with van der Waals surface area (Å²) in [4.78, 5) is 0. The molecule has 90 valence electrons. The summed E-state index contributed by atoms with van der Waals surface area (Å²) in [5, 5.41) is 0. The Balaban J connectivity index is 0.00000256. The van der Waals surface area contributed by atoms with Gasteiger partial charge in [0, 0.05) is 10.0 Å². The van der Waals surface area contributed by atoms with Gasteiger partial charge in [0.2, 0.25) is 0 Å². The maximum atomic E-state index is 5.61. The third kappa shape index (κ3) is 4.21. The Morgan fingerprint density at radius 2 is 1.76 bits per heavy atom. The smallest absolute Gasteiger partial charge is 0.176 e. The summed E-state index contributed by atoms with van der Waals surface area (Å²) in [6, 6.07) is 8.05. The fraction of sp³-hybridized carbons (Fsp3) is 0.286. The molecular weight excluding hydrogens is 342 g/mol. The van der Waals surface area contributed by atoms with Crippen molar-refractivity contribution >= 4 is 15.9 Å². The highest BCUT2D eigenvalue weighted by molar-refractivity contribution is 9.10. The van der Waals surface area contributed by atoms with E-state index in [-0.39, 0.29) is 23.0 Å². The fourth-order valence-corrected chi connectivity index (χ4v) is 1.94. The van der Waals surface area contributed by atoms with E-state index >= 15 is 0 Å². The molecule has 0 saturated carbocycles. The van der Waals surface area contributed by atoms with Crippen LogP contribution >= 0.6 is 15.9 Å². The highest BCUT2D eigenvalue weighted by Gasteiger charge is 2.26. The van der Waals surface area contributed by atoms with Crippen LogP contribution in [-0.2, 0) is 0 Å². The molecule has 0 radical (unpaired) electrons. The summed E-state index contributed by atoms with van der Waals surface area (Å²) in [7, 11) is 4.10. The first kappa shape index (κ1) is 16.3. The lowest BCUT2D eigenvalue weighted by molar-refractivity contribution is -0.905. The van der Waals surface area contributed by atoms with E-state index in [4.69, 9.17) is 12.8 Å². The van der Waals surface area contributed by atoms with Crippen LogP contribution in [0.25, 0.3) is 0 Å². The van der Waals surface area contributed by atoms with Crippen LogP contribution in [0, 0.1) is 24.7 Å². The van der Waals surface area contributed by atoms with Gasteiger partial charge in [-0.3, -0.25) is 0 Å². The minimum absolute atomic E-state index is 0. The van der Waals surface area contributed by atoms with Gasteiger partial charge in [-0.05, 0) is 24.0 Å². The second kappa shape index (κ2) is 6.87. The van der Waals surface area contributed by atoms with Gasteiger partial charge in [-0.15, -0.1) is 12.8 Å². The lowest BCUT2D eigenvalue weighted by Crippen LogP contribution is -3.00. The molecule has 1 aromatic rings. The lowest BCUT2D eigenvalue weighted by Gasteiger charge is -2.33. The Morgan fingerprint density at radius 1 is 1.24 bits per heavy atom. The van der Waals surface area contributed by atoms with Crippen molar-refractivity contribution < 1.29 is 21.5 Å².